The van der Waals surface area contributed by atoms with E-state index in [0.717, 1.165) is 4.57 Å². The van der Waals surface area contributed by atoms with Gasteiger partial charge in [-0.15, -0.1) is 0 Å². The highest BCUT2D eigenvalue weighted by atomic mass is 35.5. The summed E-state index contributed by atoms with van der Waals surface area (Å²) in [5.41, 5.74) is -0.266. The lowest BCUT2D eigenvalue weighted by Gasteiger charge is -2.14. The molecule has 0 aliphatic carbocycles. The van der Waals surface area contributed by atoms with Gasteiger partial charge >= 0.3 is 17.8 Å². The Bertz CT molecular complexity index is 1520. The average molecular weight is 511 g/mol. The molecule has 4 aromatic rings. The minimum Gasteiger partial charge on any atom is -0.433 e. The molecule has 0 bridgehead atoms. The monoisotopic (exact) mass is 510 g/mol. The van der Waals surface area contributed by atoms with Gasteiger partial charge in [-0.05, 0) is 29.8 Å². The van der Waals surface area contributed by atoms with Crippen molar-refractivity contribution in [1.29, 1.82) is 0 Å². The standard InChI is InChI=1S/C22H18Cl2F2N4O4/c1-22(25,26)34-14-6-4-5-13(10-14)33-20-27-18-17(19(31)29(3)21(32)28(18)2)30(20)11-12-7-8-15(23)16(24)9-12/h4-10H,11H2,1-3H3. The molecule has 0 fully saturated rings. The van der Waals surface area contributed by atoms with Crippen LogP contribution in [0.25, 0.3) is 11.2 Å². The van der Waals surface area contributed by atoms with E-state index in [1.54, 1.807) is 18.2 Å². The molecule has 8 nitrogen and oxygen atoms in total. The Morgan fingerprint density at radius 2 is 1.71 bits per heavy atom. The quantitative estimate of drug-likeness (QED) is 0.379. The van der Waals surface area contributed by atoms with Gasteiger partial charge in [0.2, 0.25) is 0 Å². The third-order valence-corrected chi connectivity index (χ3v) is 5.69. The van der Waals surface area contributed by atoms with Crippen LogP contribution in [0.5, 0.6) is 17.5 Å². The minimum atomic E-state index is -3.38. The van der Waals surface area contributed by atoms with Gasteiger partial charge in [-0.25, -0.2) is 4.79 Å². The van der Waals surface area contributed by atoms with Crippen LogP contribution < -0.4 is 20.7 Å². The van der Waals surface area contributed by atoms with Gasteiger partial charge in [-0.2, -0.15) is 13.8 Å². The molecular weight excluding hydrogens is 493 g/mol. The van der Waals surface area contributed by atoms with Gasteiger partial charge in [-0.3, -0.25) is 18.5 Å². The van der Waals surface area contributed by atoms with Gasteiger partial charge in [0.1, 0.15) is 11.5 Å². The summed E-state index contributed by atoms with van der Waals surface area (Å²) in [5.74, 6) is 0.00901. The Morgan fingerprint density at radius 1 is 1.00 bits per heavy atom. The van der Waals surface area contributed by atoms with E-state index < -0.39 is 17.4 Å². The van der Waals surface area contributed by atoms with Gasteiger partial charge in [0.05, 0.1) is 16.6 Å². The molecule has 2 aromatic carbocycles. The van der Waals surface area contributed by atoms with Crippen molar-refractivity contribution in [2.24, 2.45) is 14.1 Å². The molecule has 0 aliphatic heterocycles. The van der Waals surface area contributed by atoms with Crippen molar-refractivity contribution in [2.45, 2.75) is 19.6 Å². The molecule has 0 atom stereocenters. The Labute approximate surface area is 201 Å². The molecule has 0 spiro atoms. The van der Waals surface area contributed by atoms with Crippen molar-refractivity contribution in [2.75, 3.05) is 0 Å². The maximum Gasteiger partial charge on any atom is 0.394 e. The SMILES string of the molecule is Cn1c(=O)c2c(nc(Oc3cccc(OC(C)(F)F)c3)n2Cc2ccc(Cl)c(Cl)c2)n(C)c1=O. The number of imidazole rings is 1. The van der Waals surface area contributed by atoms with E-state index in [4.69, 9.17) is 27.9 Å². The highest BCUT2D eigenvalue weighted by molar-refractivity contribution is 6.42. The van der Waals surface area contributed by atoms with E-state index in [0.29, 0.717) is 22.5 Å². The predicted molar refractivity (Wildman–Crippen MR) is 124 cm³/mol. The Morgan fingerprint density at radius 3 is 2.38 bits per heavy atom. The lowest BCUT2D eigenvalue weighted by atomic mass is 10.2. The van der Waals surface area contributed by atoms with E-state index in [9.17, 15) is 18.4 Å². The lowest BCUT2D eigenvalue weighted by Crippen LogP contribution is -2.37. The molecule has 0 unspecified atom stereocenters. The van der Waals surface area contributed by atoms with Crippen molar-refractivity contribution < 1.29 is 18.3 Å². The number of hydrogen-bond acceptors (Lipinski definition) is 5. The average Bonchev–Trinajstić information content (AvgIpc) is 3.10. The van der Waals surface area contributed by atoms with Crippen LogP contribution in [-0.4, -0.2) is 24.8 Å². The van der Waals surface area contributed by atoms with Crippen LogP contribution in [0.1, 0.15) is 12.5 Å². The van der Waals surface area contributed by atoms with E-state index in [1.165, 1.54) is 47.5 Å². The summed E-state index contributed by atoms with van der Waals surface area (Å²) in [4.78, 5) is 29.8. The number of nitrogens with zero attached hydrogens (tertiary/aromatic N) is 4. The summed E-state index contributed by atoms with van der Waals surface area (Å²) in [6.07, 6.45) is -3.38. The first-order chi connectivity index (χ1) is 15.9. The van der Waals surface area contributed by atoms with Crippen LogP contribution in [-0.2, 0) is 20.6 Å². The van der Waals surface area contributed by atoms with E-state index in [2.05, 4.69) is 9.72 Å². The van der Waals surface area contributed by atoms with Gasteiger partial charge in [0.25, 0.3) is 5.56 Å². The number of ether oxygens (including phenoxy) is 2. The second-order valence-electron chi connectivity index (χ2n) is 7.59. The van der Waals surface area contributed by atoms with Crippen molar-refractivity contribution in [3.8, 4) is 17.5 Å². The van der Waals surface area contributed by atoms with Gasteiger partial charge < -0.3 is 9.47 Å². The van der Waals surface area contributed by atoms with Crippen molar-refractivity contribution in [1.82, 2.24) is 18.7 Å². The topological polar surface area (TPSA) is 80.3 Å². The lowest BCUT2D eigenvalue weighted by molar-refractivity contribution is -0.158. The largest absolute Gasteiger partial charge is 0.433 e. The fraction of sp³-hybridized carbons (Fsp3) is 0.227. The summed E-state index contributed by atoms with van der Waals surface area (Å²) in [7, 11) is 2.83. The van der Waals surface area contributed by atoms with Gasteiger partial charge in [-0.1, -0.05) is 35.3 Å². The third-order valence-electron chi connectivity index (χ3n) is 4.95. The van der Waals surface area contributed by atoms with Crippen LogP contribution in [0.4, 0.5) is 8.78 Å². The molecule has 178 valence electrons. The van der Waals surface area contributed by atoms with E-state index in [1.807, 2.05) is 0 Å². The highest BCUT2D eigenvalue weighted by Crippen LogP contribution is 2.30. The molecule has 0 aliphatic rings. The van der Waals surface area contributed by atoms with Crippen LogP contribution >= 0.6 is 23.2 Å². The minimum absolute atomic E-state index is 0.0419. The Kier molecular flexibility index (Phi) is 6.13. The van der Waals surface area contributed by atoms with Gasteiger partial charge in [0.15, 0.2) is 11.2 Å². The molecule has 2 heterocycles. The molecule has 0 saturated heterocycles. The van der Waals surface area contributed by atoms with Crippen LogP contribution in [0.2, 0.25) is 10.0 Å². The maximum absolute atomic E-state index is 13.3. The first-order valence-electron chi connectivity index (χ1n) is 9.89. The molecule has 0 N–H and O–H groups in total. The molecule has 4 rings (SSSR count). The molecule has 0 radical (unpaired) electrons. The first-order valence-corrected chi connectivity index (χ1v) is 10.6. The number of aromatic nitrogens is 4. The zero-order valence-corrected chi connectivity index (χ0v) is 19.7. The summed E-state index contributed by atoms with van der Waals surface area (Å²) >= 11 is 12.1. The summed E-state index contributed by atoms with van der Waals surface area (Å²) in [6, 6.07) is 10.5. The van der Waals surface area contributed by atoms with Crippen LogP contribution in [0.15, 0.2) is 52.1 Å². The summed E-state index contributed by atoms with van der Waals surface area (Å²) in [5, 5.41) is 0.678. The number of hydrogen-bond donors (Lipinski definition) is 0. The van der Waals surface area contributed by atoms with Crippen molar-refractivity contribution in [3.63, 3.8) is 0 Å². The van der Waals surface area contributed by atoms with Crippen molar-refractivity contribution >= 4 is 34.4 Å². The molecular formula is C22H18Cl2F2N4O4. The number of benzene rings is 2. The third kappa shape index (κ3) is 4.64. The Balaban J connectivity index is 1.87. The number of fused-ring (bicyclic) bond motifs is 1. The predicted octanol–water partition coefficient (Wildman–Crippen LogP) is 4.57. The highest BCUT2D eigenvalue weighted by Gasteiger charge is 2.24. The number of aryl methyl sites for hydroxylation is 1. The number of alkyl halides is 2. The maximum atomic E-state index is 13.3. The van der Waals surface area contributed by atoms with Crippen molar-refractivity contribution in [3.05, 3.63) is 78.9 Å². The zero-order valence-electron chi connectivity index (χ0n) is 18.2. The summed E-state index contributed by atoms with van der Waals surface area (Å²) < 4.78 is 40.6. The summed E-state index contributed by atoms with van der Waals surface area (Å²) in [6.45, 7) is 0.715. The molecule has 0 amide bonds. The fourth-order valence-electron chi connectivity index (χ4n) is 3.39. The molecule has 12 heteroatoms. The number of halogens is 4. The molecule has 0 saturated carbocycles. The molecule has 2 aromatic heterocycles. The zero-order chi connectivity index (χ0) is 24.8. The first kappa shape index (κ1) is 23.8. The normalized spacial score (nSPS) is 11.7. The second-order valence-corrected chi connectivity index (χ2v) is 8.41. The van der Waals surface area contributed by atoms with Crippen LogP contribution in [0, 0.1) is 0 Å². The van der Waals surface area contributed by atoms with E-state index >= 15 is 0 Å². The fourth-order valence-corrected chi connectivity index (χ4v) is 3.71. The number of rotatable bonds is 6. The Hall–Kier alpha value is -3.37. The van der Waals surface area contributed by atoms with Gasteiger partial charge in [0, 0.05) is 27.1 Å². The van der Waals surface area contributed by atoms with Crippen LogP contribution in [0.3, 0.4) is 0 Å². The molecule has 34 heavy (non-hydrogen) atoms. The smallest absolute Gasteiger partial charge is 0.394 e. The van der Waals surface area contributed by atoms with E-state index in [-0.39, 0.29) is 35.2 Å². The second kappa shape index (κ2) is 8.77.